The van der Waals surface area contributed by atoms with Crippen molar-refractivity contribution in [3.8, 4) is 0 Å². The Bertz CT molecular complexity index is 379. The Morgan fingerprint density at radius 3 is 1.28 bits per heavy atom. The summed E-state index contributed by atoms with van der Waals surface area (Å²) in [6, 6.07) is 4.59. The van der Waals surface area contributed by atoms with Gasteiger partial charge in [0.1, 0.15) is 0 Å². The van der Waals surface area contributed by atoms with Crippen LogP contribution < -0.4 is 0 Å². The van der Waals surface area contributed by atoms with Crippen LogP contribution in [0.2, 0.25) is 0 Å². The Morgan fingerprint density at radius 1 is 0.667 bits per heavy atom. The molecular weight excluding hydrogens is 488 g/mol. The van der Waals surface area contributed by atoms with E-state index in [-0.39, 0.29) is 0 Å². The molecule has 0 saturated carbocycles. The van der Waals surface area contributed by atoms with Gasteiger partial charge >= 0.3 is 0 Å². The summed E-state index contributed by atoms with van der Waals surface area (Å²) >= 11 is 14.8. The van der Waals surface area contributed by atoms with Crippen molar-refractivity contribution in [2.45, 2.75) is 47.0 Å². The lowest BCUT2D eigenvalue weighted by atomic mass is 9.92. The van der Waals surface area contributed by atoms with Gasteiger partial charge in [-0.15, -0.1) is 0 Å². The van der Waals surface area contributed by atoms with E-state index >= 15 is 0 Å². The van der Waals surface area contributed by atoms with E-state index in [1.807, 2.05) is 0 Å². The minimum absolute atomic E-state index is 0.349. The molecule has 0 heterocycles. The predicted molar refractivity (Wildman–Crippen MR) is 95.8 cm³/mol. The summed E-state index contributed by atoms with van der Waals surface area (Å²) in [4.78, 5) is 1.42. The zero-order valence-electron chi connectivity index (χ0n) is 11.0. The minimum atomic E-state index is 0.349. The maximum Gasteiger partial charge on any atom is 0.0373 e. The molecule has 0 aliphatic rings. The number of alkyl halides is 4. The van der Waals surface area contributed by atoms with E-state index in [0.29, 0.717) is 19.3 Å². The molecule has 18 heavy (non-hydrogen) atoms. The highest BCUT2D eigenvalue weighted by Crippen LogP contribution is 2.42. The number of hydrogen-bond acceptors (Lipinski definition) is 0. The van der Waals surface area contributed by atoms with Gasteiger partial charge in [0.25, 0.3) is 0 Å². The summed E-state index contributed by atoms with van der Waals surface area (Å²) < 4.78 is 0. The van der Waals surface area contributed by atoms with Gasteiger partial charge in [-0.2, -0.15) is 0 Å². The van der Waals surface area contributed by atoms with Gasteiger partial charge in [0.15, 0.2) is 0 Å². The Hall–Kier alpha value is 1.14. The third-order valence-electron chi connectivity index (χ3n) is 2.98. The fourth-order valence-electron chi connectivity index (χ4n) is 2.07. The van der Waals surface area contributed by atoms with Gasteiger partial charge in [-0.1, -0.05) is 75.9 Å². The monoisotopic (exact) mass is 502 g/mol. The summed E-state index contributed by atoms with van der Waals surface area (Å²) in [7, 11) is 0. The van der Waals surface area contributed by atoms with Crippen molar-refractivity contribution in [3.63, 3.8) is 0 Å². The molecule has 4 unspecified atom stereocenters. The molecule has 0 nitrogen and oxygen atoms in total. The van der Waals surface area contributed by atoms with Gasteiger partial charge in [0, 0.05) is 19.3 Å². The molecular formula is C14H18Br4. The van der Waals surface area contributed by atoms with Crippen LogP contribution in [0.1, 0.15) is 69.3 Å². The van der Waals surface area contributed by atoms with Crippen molar-refractivity contribution in [2.75, 3.05) is 0 Å². The smallest absolute Gasteiger partial charge is 0.0373 e. The average molecular weight is 506 g/mol. The highest BCUT2D eigenvalue weighted by Gasteiger charge is 2.20. The van der Waals surface area contributed by atoms with Crippen molar-refractivity contribution < 1.29 is 0 Å². The summed E-state index contributed by atoms with van der Waals surface area (Å²) in [5.41, 5.74) is 5.45. The quantitative estimate of drug-likeness (QED) is 0.371. The highest BCUT2D eigenvalue weighted by molar-refractivity contribution is 9.09. The Morgan fingerprint density at radius 2 is 1.06 bits per heavy atom. The molecule has 0 radical (unpaired) electrons. The van der Waals surface area contributed by atoms with Crippen LogP contribution in [0.25, 0.3) is 0 Å². The lowest BCUT2D eigenvalue weighted by Gasteiger charge is -2.23. The summed E-state index contributed by atoms with van der Waals surface area (Å²) in [6.45, 7) is 8.71. The highest BCUT2D eigenvalue weighted by atomic mass is 79.9. The van der Waals surface area contributed by atoms with Crippen LogP contribution in [0.3, 0.4) is 0 Å². The van der Waals surface area contributed by atoms with E-state index in [1.54, 1.807) is 0 Å². The van der Waals surface area contributed by atoms with Gasteiger partial charge in [0.05, 0.1) is 0 Å². The number of benzene rings is 1. The van der Waals surface area contributed by atoms with E-state index in [2.05, 4.69) is 104 Å². The van der Waals surface area contributed by atoms with Crippen molar-refractivity contribution in [1.82, 2.24) is 0 Å². The Kier molecular flexibility index (Phi) is 6.91. The van der Waals surface area contributed by atoms with E-state index in [1.165, 1.54) is 22.3 Å². The zero-order valence-corrected chi connectivity index (χ0v) is 17.3. The molecule has 0 aromatic heterocycles. The summed E-state index contributed by atoms with van der Waals surface area (Å²) in [6.07, 6.45) is 0. The second-order valence-corrected chi connectivity index (χ2v) is 10.1. The Balaban J connectivity index is 3.55. The normalized spacial score (nSPS) is 18.2. The maximum atomic E-state index is 3.73. The number of rotatable bonds is 4. The topological polar surface area (TPSA) is 0 Å². The van der Waals surface area contributed by atoms with Crippen molar-refractivity contribution in [3.05, 3.63) is 34.4 Å². The fourth-order valence-corrected chi connectivity index (χ4v) is 3.62. The third kappa shape index (κ3) is 4.07. The first-order valence-corrected chi connectivity index (χ1v) is 9.65. The van der Waals surface area contributed by atoms with Gasteiger partial charge in [0.2, 0.25) is 0 Å². The minimum Gasteiger partial charge on any atom is -0.0842 e. The van der Waals surface area contributed by atoms with E-state index in [9.17, 15) is 0 Å². The van der Waals surface area contributed by atoms with Gasteiger partial charge in [-0.05, 0) is 49.9 Å². The van der Waals surface area contributed by atoms with Crippen molar-refractivity contribution >= 4 is 63.7 Å². The molecule has 102 valence electrons. The fraction of sp³-hybridized carbons (Fsp3) is 0.571. The molecule has 0 N–H and O–H groups in total. The van der Waals surface area contributed by atoms with Gasteiger partial charge in [-0.3, -0.25) is 0 Å². The van der Waals surface area contributed by atoms with Crippen LogP contribution in [0.5, 0.6) is 0 Å². The molecule has 0 saturated heterocycles. The first-order valence-electron chi connectivity index (χ1n) is 5.99. The molecule has 1 aromatic rings. The lowest BCUT2D eigenvalue weighted by molar-refractivity contribution is 0.949. The van der Waals surface area contributed by atoms with Gasteiger partial charge < -0.3 is 0 Å². The molecule has 0 fully saturated rings. The van der Waals surface area contributed by atoms with Crippen LogP contribution in [-0.2, 0) is 0 Å². The molecule has 4 heteroatoms. The first-order chi connectivity index (χ1) is 8.25. The second-order valence-electron chi connectivity index (χ2n) is 4.58. The molecule has 0 aliphatic carbocycles. The van der Waals surface area contributed by atoms with E-state index in [0.717, 1.165) is 0 Å². The zero-order chi connectivity index (χ0) is 14.0. The van der Waals surface area contributed by atoms with Crippen LogP contribution in [0.4, 0.5) is 0 Å². The largest absolute Gasteiger partial charge is 0.0842 e. The third-order valence-corrected chi connectivity index (χ3v) is 4.95. The standard InChI is InChI=1S/C14H18Br4/c1-7(15)11-5-12(8(2)16)14(10(4)18)13(6-11)9(3)17/h5-10H,1-4H3. The molecule has 4 atom stereocenters. The van der Waals surface area contributed by atoms with E-state index in [4.69, 9.17) is 0 Å². The van der Waals surface area contributed by atoms with Crippen molar-refractivity contribution in [2.24, 2.45) is 0 Å². The molecule has 1 aromatic carbocycles. The van der Waals surface area contributed by atoms with E-state index < -0.39 is 0 Å². The lowest BCUT2D eigenvalue weighted by Crippen LogP contribution is -2.04. The summed E-state index contributed by atoms with van der Waals surface area (Å²) in [5, 5.41) is 0. The van der Waals surface area contributed by atoms with Crippen molar-refractivity contribution in [1.29, 1.82) is 0 Å². The van der Waals surface area contributed by atoms with Crippen LogP contribution in [0.15, 0.2) is 12.1 Å². The second kappa shape index (κ2) is 7.24. The van der Waals surface area contributed by atoms with Crippen LogP contribution in [0, 0.1) is 0 Å². The molecule has 1 rings (SSSR count). The summed E-state index contributed by atoms with van der Waals surface area (Å²) in [5.74, 6) is 0. The molecule has 0 aliphatic heterocycles. The maximum absolute atomic E-state index is 3.73. The predicted octanol–water partition coefficient (Wildman–Crippen LogP) is 7.51. The number of halogens is 4. The molecule has 0 spiro atoms. The molecule has 0 amide bonds. The average Bonchev–Trinajstić information content (AvgIpc) is 2.26. The molecule has 0 bridgehead atoms. The Labute approximate surface area is 144 Å². The number of hydrogen-bond donors (Lipinski definition) is 0. The van der Waals surface area contributed by atoms with Crippen LogP contribution in [-0.4, -0.2) is 0 Å². The SMILES string of the molecule is CC(Br)c1cc(C(C)Br)c(C(C)Br)c(C(C)Br)c1. The van der Waals surface area contributed by atoms with Gasteiger partial charge in [-0.25, -0.2) is 0 Å². The first kappa shape index (κ1) is 17.2. The van der Waals surface area contributed by atoms with Crippen LogP contribution >= 0.6 is 63.7 Å².